The molecular weight excluding hydrogens is 318 g/mol. The molecule has 130 valence electrons. The molecule has 2 aromatic heterocycles. The van der Waals surface area contributed by atoms with E-state index in [1.807, 2.05) is 6.20 Å². The van der Waals surface area contributed by atoms with Crippen molar-refractivity contribution < 1.29 is 0 Å². The van der Waals surface area contributed by atoms with E-state index < -0.39 is 0 Å². The molecule has 2 aliphatic rings. The van der Waals surface area contributed by atoms with Gasteiger partial charge in [-0.25, -0.2) is 9.97 Å². The minimum Gasteiger partial charge on any atom is -0.334 e. The third kappa shape index (κ3) is 3.15. The van der Waals surface area contributed by atoms with Crippen LogP contribution in [0, 0.1) is 12.3 Å². The summed E-state index contributed by atoms with van der Waals surface area (Å²) in [5.41, 5.74) is 1.75. The molecule has 5 nitrogen and oxygen atoms in total. The Balaban J connectivity index is 1.53. The molecular formula is C18H27N5S. The molecule has 1 N–H and O–H groups in total. The normalized spacial score (nSPS) is 22.4. The van der Waals surface area contributed by atoms with Crippen LogP contribution in [0.4, 0.5) is 0 Å². The highest BCUT2D eigenvalue weighted by Gasteiger charge is 2.56. The number of aryl methyl sites for hydroxylation is 2. The maximum atomic E-state index is 4.70. The van der Waals surface area contributed by atoms with Crippen LogP contribution in [0.1, 0.15) is 42.7 Å². The first kappa shape index (κ1) is 16.2. The zero-order valence-electron chi connectivity index (χ0n) is 14.7. The number of thiazole rings is 1. The van der Waals surface area contributed by atoms with Gasteiger partial charge < -0.3 is 9.88 Å². The molecule has 0 aromatic carbocycles. The largest absolute Gasteiger partial charge is 0.334 e. The van der Waals surface area contributed by atoms with Crippen LogP contribution in [0.25, 0.3) is 0 Å². The SMILES string of the molecule is CCn1ccnc1CN(Cc1csc(C)n1)C1CC12CCNCC2. The van der Waals surface area contributed by atoms with Gasteiger partial charge in [-0.15, -0.1) is 11.3 Å². The van der Waals surface area contributed by atoms with E-state index >= 15 is 0 Å². The van der Waals surface area contributed by atoms with Gasteiger partial charge in [0.05, 0.1) is 17.2 Å². The third-order valence-electron chi connectivity index (χ3n) is 5.71. The number of aromatic nitrogens is 3. The highest BCUT2D eigenvalue weighted by atomic mass is 32.1. The van der Waals surface area contributed by atoms with Gasteiger partial charge in [-0.1, -0.05) is 0 Å². The van der Waals surface area contributed by atoms with Crippen molar-refractivity contribution in [3.05, 3.63) is 34.3 Å². The molecule has 0 bridgehead atoms. The summed E-state index contributed by atoms with van der Waals surface area (Å²) in [6.45, 7) is 9.47. The molecule has 1 atom stereocenters. The van der Waals surface area contributed by atoms with E-state index in [2.05, 4.69) is 45.2 Å². The predicted octanol–water partition coefficient (Wildman–Crippen LogP) is 2.81. The molecule has 6 heteroatoms. The van der Waals surface area contributed by atoms with Crippen molar-refractivity contribution in [3.8, 4) is 0 Å². The van der Waals surface area contributed by atoms with Crippen LogP contribution in [0.5, 0.6) is 0 Å². The number of hydrogen-bond donors (Lipinski definition) is 1. The van der Waals surface area contributed by atoms with Crippen molar-refractivity contribution >= 4 is 11.3 Å². The van der Waals surface area contributed by atoms with Crippen LogP contribution in [-0.2, 0) is 19.6 Å². The monoisotopic (exact) mass is 345 g/mol. The molecule has 1 saturated heterocycles. The highest BCUT2D eigenvalue weighted by Crippen LogP contribution is 2.56. The number of nitrogens with one attached hydrogen (secondary N) is 1. The minimum atomic E-state index is 0.542. The molecule has 0 radical (unpaired) electrons. The first-order valence-corrected chi connectivity index (χ1v) is 9.94. The molecule has 2 aromatic rings. The van der Waals surface area contributed by atoms with Crippen LogP contribution in [0.2, 0.25) is 0 Å². The Kier molecular flexibility index (Phi) is 4.45. The molecule has 1 saturated carbocycles. The van der Waals surface area contributed by atoms with E-state index in [4.69, 9.17) is 4.98 Å². The van der Waals surface area contributed by atoms with Crippen LogP contribution in [0.15, 0.2) is 17.8 Å². The van der Waals surface area contributed by atoms with Gasteiger partial charge in [0.25, 0.3) is 0 Å². The number of rotatable bonds is 6. The molecule has 4 rings (SSSR count). The van der Waals surface area contributed by atoms with Gasteiger partial charge in [-0.2, -0.15) is 0 Å². The van der Waals surface area contributed by atoms with Crippen LogP contribution >= 0.6 is 11.3 Å². The summed E-state index contributed by atoms with van der Waals surface area (Å²) in [5, 5.41) is 6.89. The maximum absolute atomic E-state index is 4.70. The van der Waals surface area contributed by atoms with Crippen molar-refractivity contribution in [1.82, 2.24) is 24.8 Å². The average Bonchev–Trinajstić information content (AvgIpc) is 2.93. The summed E-state index contributed by atoms with van der Waals surface area (Å²) in [6.07, 6.45) is 7.98. The number of nitrogens with zero attached hydrogens (tertiary/aromatic N) is 4. The summed E-state index contributed by atoms with van der Waals surface area (Å²) < 4.78 is 2.26. The lowest BCUT2D eigenvalue weighted by Gasteiger charge is -2.29. The third-order valence-corrected chi connectivity index (χ3v) is 6.53. The lowest BCUT2D eigenvalue weighted by molar-refractivity contribution is 0.180. The first-order valence-electron chi connectivity index (χ1n) is 9.06. The second-order valence-corrected chi connectivity index (χ2v) is 8.29. The van der Waals surface area contributed by atoms with Crippen LogP contribution < -0.4 is 5.32 Å². The Morgan fingerprint density at radius 1 is 1.38 bits per heavy atom. The van der Waals surface area contributed by atoms with Gasteiger partial charge in [-0.05, 0) is 51.6 Å². The van der Waals surface area contributed by atoms with Gasteiger partial charge in [0.1, 0.15) is 5.82 Å². The smallest absolute Gasteiger partial charge is 0.122 e. The van der Waals surface area contributed by atoms with Crippen molar-refractivity contribution in [2.45, 2.75) is 58.8 Å². The highest BCUT2D eigenvalue weighted by molar-refractivity contribution is 7.09. The van der Waals surface area contributed by atoms with Gasteiger partial charge in [-0.3, -0.25) is 4.90 Å². The Morgan fingerprint density at radius 3 is 2.92 bits per heavy atom. The fraction of sp³-hybridized carbons (Fsp3) is 0.667. The van der Waals surface area contributed by atoms with Crippen LogP contribution in [0.3, 0.4) is 0 Å². The average molecular weight is 346 g/mol. The quantitative estimate of drug-likeness (QED) is 0.874. The van der Waals surface area contributed by atoms with E-state index in [-0.39, 0.29) is 0 Å². The summed E-state index contributed by atoms with van der Waals surface area (Å²) in [5.74, 6) is 1.18. The Labute approximate surface area is 148 Å². The maximum Gasteiger partial charge on any atom is 0.122 e. The molecule has 3 heterocycles. The standard InChI is InChI=1S/C18H27N5S/c1-3-22-9-8-20-17(22)12-23(11-15-13-24-14(2)21-15)16-10-18(16)4-6-19-7-5-18/h8-9,13,16,19H,3-7,10-12H2,1-2H3. The van der Waals surface area contributed by atoms with E-state index in [0.717, 1.165) is 24.6 Å². The first-order chi connectivity index (χ1) is 11.7. The van der Waals surface area contributed by atoms with Crippen molar-refractivity contribution in [3.63, 3.8) is 0 Å². The van der Waals surface area contributed by atoms with E-state index in [1.54, 1.807) is 11.3 Å². The number of hydrogen-bond acceptors (Lipinski definition) is 5. The van der Waals surface area contributed by atoms with Gasteiger partial charge >= 0.3 is 0 Å². The Hall–Kier alpha value is -1.24. The molecule has 1 unspecified atom stereocenters. The van der Waals surface area contributed by atoms with Gasteiger partial charge in [0.2, 0.25) is 0 Å². The topological polar surface area (TPSA) is 46.0 Å². The van der Waals surface area contributed by atoms with E-state index in [1.165, 1.54) is 43.9 Å². The summed E-state index contributed by atoms with van der Waals surface area (Å²) in [6, 6.07) is 0.684. The Bertz CT molecular complexity index is 685. The van der Waals surface area contributed by atoms with E-state index in [0.29, 0.717) is 11.5 Å². The molecule has 24 heavy (non-hydrogen) atoms. The summed E-state index contributed by atoms with van der Waals surface area (Å²) in [4.78, 5) is 11.9. The molecule has 1 spiro atoms. The summed E-state index contributed by atoms with van der Waals surface area (Å²) >= 11 is 1.75. The number of imidazole rings is 1. The minimum absolute atomic E-state index is 0.542. The lowest BCUT2D eigenvalue weighted by atomic mass is 9.93. The predicted molar refractivity (Wildman–Crippen MR) is 96.9 cm³/mol. The van der Waals surface area contributed by atoms with E-state index in [9.17, 15) is 0 Å². The lowest BCUT2D eigenvalue weighted by Crippen LogP contribution is -2.36. The molecule has 2 fully saturated rings. The number of piperidine rings is 1. The van der Waals surface area contributed by atoms with Crippen molar-refractivity contribution in [1.29, 1.82) is 0 Å². The molecule has 1 aliphatic carbocycles. The second kappa shape index (κ2) is 6.58. The molecule has 1 aliphatic heterocycles. The zero-order chi connectivity index (χ0) is 16.6. The fourth-order valence-corrected chi connectivity index (χ4v) is 4.83. The zero-order valence-corrected chi connectivity index (χ0v) is 15.5. The fourth-order valence-electron chi connectivity index (χ4n) is 4.23. The van der Waals surface area contributed by atoms with Crippen molar-refractivity contribution in [2.24, 2.45) is 5.41 Å². The van der Waals surface area contributed by atoms with Crippen molar-refractivity contribution in [2.75, 3.05) is 13.1 Å². The summed E-state index contributed by atoms with van der Waals surface area (Å²) in [7, 11) is 0. The van der Waals surface area contributed by atoms with Crippen LogP contribution in [-0.4, -0.2) is 38.6 Å². The van der Waals surface area contributed by atoms with Gasteiger partial charge in [0, 0.05) is 36.9 Å². The second-order valence-electron chi connectivity index (χ2n) is 7.22. The molecule has 0 amide bonds. The Morgan fingerprint density at radius 2 is 2.21 bits per heavy atom. The van der Waals surface area contributed by atoms with Gasteiger partial charge in [0.15, 0.2) is 0 Å².